The standard InChI is InChI=1S/C20H29N3/c1-3-16-12-19(22-13-16)20-15(2)11-18(23-20)14-21-17-9-7-5-4-6-8-10-17/h11-14,17,21-22H,3-10H2,1-2H3/b18-14+. The number of allylic oxidation sites excluding steroid dienone is 2. The molecule has 3 rings (SSSR count). The van der Waals surface area contributed by atoms with Crippen molar-refractivity contribution < 1.29 is 0 Å². The van der Waals surface area contributed by atoms with E-state index in [9.17, 15) is 0 Å². The van der Waals surface area contributed by atoms with Crippen LogP contribution in [0, 0.1) is 0 Å². The lowest BCUT2D eigenvalue weighted by molar-refractivity contribution is 0.419. The number of nitrogens with one attached hydrogen (secondary N) is 2. The van der Waals surface area contributed by atoms with Gasteiger partial charge in [-0.3, -0.25) is 0 Å². The van der Waals surface area contributed by atoms with Crippen molar-refractivity contribution in [3.05, 3.63) is 47.1 Å². The minimum Gasteiger partial charge on any atom is -0.386 e. The Kier molecular flexibility index (Phi) is 5.37. The molecule has 1 aromatic rings. The van der Waals surface area contributed by atoms with E-state index in [2.05, 4.69) is 48.7 Å². The summed E-state index contributed by atoms with van der Waals surface area (Å²) in [5.41, 5.74) is 5.83. The maximum absolute atomic E-state index is 4.80. The van der Waals surface area contributed by atoms with E-state index in [-0.39, 0.29) is 0 Å². The summed E-state index contributed by atoms with van der Waals surface area (Å²) in [7, 11) is 0. The molecule has 0 saturated heterocycles. The highest BCUT2D eigenvalue weighted by atomic mass is 14.9. The van der Waals surface area contributed by atoms with Crippen LogP contribution in [0.1, 0.15) is 70.1 Å². The second-order valence-electron chi connectivity index (χ2n) is 6.84. The monoisotopic (exact) mass is 311 g/mol. The van der Waals surface area contributed by atoms with E-state index in [1.54, 1.807) is 0 Å². The van der Waals surface area contributed by atoms with Crippen LogP contribution in [0.4, 0.5) is 0 Å². The number of nitrogens with zero attached hydrogens (tertiary/aromatic N) is 1. The van der Waals surface area contributed by atoms with Gasteiger partial charge in [0, 0.05) is 18.4 Å². The molecule has 2 N–H and O–H groups in total. The average Bonchev–Trinajstić information content (AvgIpc) is 3.12. The summed E-state index contributed by atoms with van der Waals surface area (Å²) < 4.78 is 0. The largest absolute Gasteiger partial charge is 0.386 e. The van der Waals surface area contributed by atoms with Crippen molar-refractivity contribution >= 4 is 5.71 Å². The Bertz CT molecular complexity index is 611. The summed E-state index contributed by atoms with van der Waals surface area (Å²) in [6.45, 7) is 4.32. The van der Waals surface area contributed by atoms with Crippen LogP contribution < -0.4 is 5.32 Å². The summed E-state index contributed by atoms with van der Waals surface area (Å²) in [6, 6.07) is 2.83. The van der Waals surface area contributed by atoms with Crippen molar-refractivity contribution in [2.24, 2.45) is 4.99 Å². The normalized spacial score (nSPS) is 21.7. The number of aliphatic imine (C=N–C) groups is 1. The van der Waals surface area contributed by atoms with Crippen molar-refractivity contribution in [2.45, 2.75) is 71.3 Å². The maximum atomic E-state index is 4.80. The van der Waals surface area contributed by atoms with Crippen molar-refractivity contribution in [1.82, 2.24) is 10.3 Å². The Balaban J connectivity index is 1.66. The van der Waals surface area contributed by atoms with E-state index in [1.165, 1.54) is 56.1 Å². The lowest BCUT2D eigenvalue weighted by Crippen LogP contribution is -2.25. The summed E-state index contributed by atoms with van der Waals surface area (Å²) in [5, 5.41) is 3.62. The maximum Gasteiger partial charge on any atom is 0.0902 e. The second kappa shape index (κ2) is 7.67. The second-order valence-corrected chi connectivity index (χ2v) is 6.84. The molecule has 0 radical (unpaired) electrons. The van der Waals surface area contributed by atoms with Crippen LogP contribution in [0.5, 0.6) is 0 Å². The van der Waals surface area contributed by atoms with Crippen molar-refractivity contribution in [3.8, 4) is 0 Å². The zero-order valence-electron chi connectivity index (χ0n) is 14.5. The molecule has 1 aromatic heterocycles. The van der Waals surface area contributed by atoms with Gasteiger partial charge in [-0.1, -0.05) is 39.0 Å². The van der Waals surface area contributed by atoms with E-state index in [0.29, 0.717) is 6.04 Å². The fourth-order valence-electron chi connectivity index (χ4n) is 3.49. The van der Waals surface area contributed by atoms with Gasteiger partial charge in [-0.05, 0) is 49.5 Å². The van der Waals surface area contributed by atoms with Gasteiger partial charge in [-0.15, -0.1) is 0 Å². The van der Waals surface area contributed by atoms with E-state index >= 15 is 0 Å². The molecule has 1 aliphatic carbocycles. The first-order chi connectivity index (χ1) is 11.3. The van der Waals surface area contributed by atoms with Gasteiger partial charge in [-0.25, -0.2) is 4.99 Å². The number of aryl methyl sites for hydroxylation is 1. The predicted molar refractivity (Wildman–Crippen MR) is 97.8 cm³/mol. The third-order valence-electron chi connectivity index (χ3n) is 4.96. The predicted octanol–water partition coefficient (Wildman–Crippen LogP) is 4.87. The van der Waals surface area contributed by atoms with Gasteiger partial charge in [0.2, 0.25) is 0 Å². The fourth-order valence-corrected chi connectivity index (χ4v) is 3.49. The number of aromatic nitrogens is 1. The number of aromatic amines is 1. The SMILES string of the molecule is CCc1c[nH]c(C2=N/C(=C/NC3CCCCCCC3)C=C2C)c1. The van der Waals surface area contributed by atoms with Crippen LogP contribution in [0.3, 0.4) is 0 Å². The molecular formula is C20H29N3. The molecule has 0 unspecified atom stereocenters. The van der Waals surface area contributed by atoms with Crippen LogP contribution in [-0.4, -0.2) is 16.7 Å². The van der Waals surface area contributed by atoms with Gasteiger partial charge in [0.1, 0.15) is 0 Å². The Labute approximate surface area is 140 Å². The molecule has 2 heterocycles. The van der Waals surface area contributed by atoms with Crippen molar-refractivity contribution in [1.29, 1.82) is 0 Å². The van der Waals surface area contributed by atoms with E-state index < -0.39 is 0 Å². The van der Waals surface area contributed by atoms with Gasteiger partial charge in [0.05, 0.1) is 17.1 Å². The molecule has 0 aromatic carbocycles. The van der Waals surface area contributed by atoms with Crippen LogP contribution in [0.2, 0.25) is 0 Å². The summed E-state index contributed by atoms with van der Waals surface area (Å²) in [6.07, 6.45) is 16.9. The molecule has 0 atom stereocenters. The first-order valence-corrected chi connectivity index (χ1v) is 9.17. The van der Waals surface area contributed by atoms with Crippen LogP contribution in [-0.2, 0) is 6.42 Å². The number of rotatable bonds is 4. The molecule has 0 spiro atoms. The fraction of sp³-hybridized carbons (Fsp3) is 0.550. The molecule has 0 bridgehead atoms. The topological polar surface area (TPSA) is 40.2 Å². The first-order valence-electron chi connectivity index (χ1n) is 9.17. The highest BCUT2D eigenvalue weighted by molar-refractivity contribution is 6.13. The molecular weight excluding hydrogens is 282 g/mol. The molecule has 124 valence electrons. The van der Waals surface area contributed by atoms with Crippen molar-refractivity contribution in [3.63, 3.8) is 0 Å². The zero-order valence-corrected chi connectivity index (χ0v) is 14.5. The van der Waals surface area contributed by atoms with E-state index in [4.69, 9.17) is 4.99 Å². The lowest BCUT2D eigenvalue weighted by Gasteiger charge is -2.19. The van der Waals surface area contributed by atoms with Gasteiger partial charge in [-0.2, -0.15) is 0 Å². The molecule has 0 amide bonds. The smallest absolute Gasteiger partial charge is 0.0902 e. The minimum atomic E-state index is 0.618. The van der Waals surface area contributed by atoms with Crippen LogP contribution in [0.25, 0.3) is 0 Å². The van der Waals surface area contributed by atoms with E-state index in [1.807, 2.05) is 0 Å². The molecule has 1 aliphatic heterocycles. The summed E-state index contributed by atoms with van der Waals surface area (Å²) >= 11 is 0. The highest BCUT2D eigenvalue weighted by Crippen LogP contribution is 2.22. The van der Waals surface area contributed by atoms with Gasteiger partial charge in [0.25, 0.3) is 0 Å². The van der Waals surface area contributed by atoms with Gasteiger partial charge < -0.3 is 10.3 Å². The Morgan fingerprint density at radius 1 is 1.22 bits per heavy atom. The average molecular weight is 311 g/mol. The van der Waals surface area contributed by atoms with Gasteiger partial charge >= 0.3 is 0 Å². The third kappa shape index (κ3) is 4.15. The molecule has 1 saturated carbocycles. The molecule has 23 heavy (non-hydrogen) atoms. The Hall–Kier alpha value is -1.77. The summed E-state index contributed by atoms with van der Waals surface area (Å²) in [5.74, 6) is 0. The zero-order chi connectivity index (χ0) is 16.1. The van der Waals surface area contributed by atoms with Crippen molar-refractivity contribution in [2.75, 3.05) is 0 Å². The minimum absolute atomic E-state index is 0.618. The lowest BCUT2D eigenvalue weighted by atomic mass is 9.97. The quantitative estimate of drug-likeness (QED) is 0.818. The molecule has 1 fully saturated rings. The third-order valence-corrected chi connectivity index (χ3v) is 4.96. The van der Waals surface area contributed by atoms with Crippen LogP contribution in [0.15, 0.2) is 40.8 Å². The highest BCUT2D eigenvalue weighted by Gasteiger charge is 2.15. The number of hydrogen-bond acceptors (Lipinski definition) is 2. The van der Waals surface area contributed by atoms with Crippen LogP contribution >= 0.6 is 0 Å². The summed E-state index contributed by atoms with van der Waals surface area (Å²) in [4.78, 5) is 8.16. The first kappa shape index (κ1) is 16.1. The van der Waals surface area contributed by atoms with Gasteiger partial charge in [0.15, 0.2) is 0 Å². The Morgan fingerprint density at radius 3 is 2.65 bits per heavy atom. The Morgan fingerprint density at radius 2 is 1.96 bits per heavy atom. The molecule has 2 aliphatic rings. The number of H-pyrrole nitrogens is 1. The molecule has 3 heteroatoms. The number of hydrogen-bond donors (Lipinski definition) is 2. The molecule has 3 nitrogen and oxygen atoms in total. The van der Waals surface area contributed by atoms with E-state index in [0.717, 1.165) is 23.5 Å².